The van der Waals surface area contributed by atoms with Gasteiger partial charge in [0.1, 0.15) is 0 Å². The molecule has 118 valence electrons. The lowest BCUT2D eigenvalue weighted by atomic mass is 10.5. The summed E-state index contributed by atoms with van der Waals surface area (Å²) in [7, 11) is 3.30. The molecule has 19 heavy (non-hydrogen) atoms. The van der Waals surface area contributed by atoms with Crippen LogP contribution in [-0.2, 0) is 23.7 Å². The van der Waals surface area contributed by atoms with E-state index in [2.05, 4.69) is 0 Å². The first kappa shape index (κ1) is 21.1. The monoisotopic (exact) mass is 282 g/mol. The molecule has 0 aromatic rings. The smallest absolute Gasteiger partial charge is 0.0701 e. The summed E-state index contributed by atoms with van der Waals surface area (Å²) in [4.78, 5) is 0. The highest BCUT2D eigenvalue weighted by molar-refractivity contribution is 4.34. The number of hydrogen-bond donors (Lipinski definition) is 1. The van der Waals surface area contributed by atoms with E-state index in [1.54, 1.807) is 28.1 Å². The summed E-state index contributed by atoms with van der Waals surface area (Å²) in [5, 5.41) is 8.06. The fourth-order valence-electron chi connectivity index (χ4n) is 0.826. The maximum Gasteiger partial charge on any atom is 0.0701 e. The topological polar surface area (TPSA) is 66.4 Å². The van der Waals surface area contributed by atoms with Crippen LogP contribution in [0.1, 0.15) is 13.8 Å². The molecule has 6 nitrogen and oxygen atoms in total. The van der Waals surface area contributed by atoms with Crippen LogP contribution in [0.2, 0.25) is 0 Å². The van der Waals surface area contributed by atoms with Crippen LogP contribution in [0.4, 0.5) is 0 Å². The van der Waals surface area contributed by atoms with Crippen molar-refractivity contribution in [3.8, 4) is 0 Å². The molecule has 0 amide bonds. The Morgan fingerprint density at radius 1 is 0.632 bits per heavy atom. The quantitative estimate of drug-likeness (QED) is 0.532. The van der Waals surface area contributed by atoms with Gasteiger partial charge in [0.05, 0.1) is 52.9 Å². The molecule has 0 bridgehead atoms. The van der Waals surface area contributed by atoms with Gasteiger partial charge in [0.25, 0.3) is 0 Å². The van der Waals surface area contributed by atoms with Crippen molar-refractivity contribution in [1.82, 2.24) is 0 Å². The summed E-state index contributed by atoms with van der Waals surface area (Å²) >= 11 is 0. The van der Waals surface area contributed by atoms with Crippen molar-refractivity contribution in [3.05, 3.63) is 0 Å². The van der Waals surface area contributed by atoms with Crippen molar-refractivity contribution in [3.63, 3.8) is 0 Å². The highest BCUT2D eigenvalue weighted by Gasteiger charge is 1.91. The average molecular weight is 282 g/mol. The van der Waals surface area contributed by atoms with E-state index < -0.39 is 0 Å². The number of ether oxygens (including phenoxy) is 5. The first-order chi connectivity index (χ1) is 9.15. The molecule has 0 spiro atoms. The number of aliphatic hydroxyl groups is 1. The Labute approximate surface area is 116 Å². The van der Waals surface area contributed by atoms with Gasteiger partial charge in [-0.25, -0.2) is 0 Å². The molecule has 0 unspecified atom stereocenters. The van der Waals surface area contributed by atoms with E-state index in [0.29, 0.717) is 52.9 Å². The molecule has 0 saturated carbocycles. The first-order valence-corrected chi connectivity index (χ1v) is 6.54. The van der Waals surface area contributed by atoms with Crippen molar-refractivity contribution in [2.24, 2.45) is 0 Å². The van der Waals surface area contributed by atoms with E-state index in [-0.39, 0.29) is 6.10 Å². The molecule has 0 aliphatic heterocycles. The predicted octanol–water partition coefficient (Wildman–Crippen LogP) is 0.716. The standard InChI is InChI=1S/C10H22O5.C3H8O/c1-11-3-5-13-7-9-15-10-8-14-6-4-12-2;1-3(2)4/h3-10H2,1-2H3;3-4H,1-2H3. The van der Waals surface area contributed by atoms with Crippen molar-refractivity contribution in [2.75, 3.05) is 67.1 Å². The van der Waals surface area contributed by atoms with Crippen LogP contribution >= 0.6 is 0 Å². The Bertz CT molecular complexity index is 128. The molecule has 0 aliphatic carbocycles. The van der Waals surface area contributed by atoms with E-state index in [0.717, 1.165) is 0 Å². The largest absolute Gasteiger partial charge is 0.394 e. The molecule has 0 atom stereocenters. The van der Waals surface area contributed by atoms with Crippen LogP contribution in [0.5, 0.6) is 0 Å². The zero-order chi connectivity index (χ0) is 14.8. The van der Waals surface area contributed by atoms with E-state index in [1.165, 1.54) is 0 Å². The minimum atomic E-state index is -0.167. The number of rotatable bonds is 12. The lowest BCUT2D eigenvalue weighted by Gasteiger charge is -2.06. The van der Waals surface area contributed by atoms with Gasteiger partial charge < -0.3 is 28.8 Å². The Hall–Kier alpha value is -0.240. The molecule has 0 aromatic carbocycles. The fourth-order valence-corrected chi connectivity index (χ4v) is 0.826. The van der Waals surface area contributed by atoms with Crippen LogP contribution in [0.3, 0.4) is 0 Å². The van der Waals surface area contributed by atoms with Gasteiger partial charge in [0.2, 0.25) is 0 Å². The number of aliphatic hydroxyl groups excluding tert-OH is 1. The van der Waals surface area contributed by atoms with Crippen LogP contribution in [-0.4, -0.2) is 78.3 Å². The maximum atomic E-state index is 8.06. The van der Waals surface area contributed by atoms with E-state index in [4.69, 9.17) is 28.8 Å². The summed E-state index contributed by atoms with van der Waals surface area (Å²) in [6.07, 6.45) is -0.167. The lowest BCUT2D eigenvalue weighted by molar-refractivity contribution is -0.00380. The van der Waals surface area contributed by atoms with Crippen molar-refractivity contribution in [2.45, 2.75) is 20.0 Å². The Balaban J connectivity index is 0. The van der Waals surface area contributed by atoms with Gasteiger partial charge in [0, 0.05) is 20.3 Å². The molecule has 0 rings (SSSR count). The normalized spacial score (nSPS) is 10.4. The van der Waals surface area contributed by atoms with E-state index in [9.17, 15) is 0 Å². The number of methoxy groups -OCH3 is 2. The van der Waals surface area contributed by atoms with Crippen LogP contribution < -0.4 is 0 Å². The molecule has 0 heterocycles. The lowest BCUT2D eigenvalue weighted by Crippen LogP contribution is -2.12. The Kier molecular flexibility index (Phi) is 22.3. The minimum absolute atomic E-state index is 0.167. The van der Waals surface area contributed by atoms with Gasteiger partial charge in [-0.15, -0.1) is 0 Å². The molecule has 0 aliphatic rings. The second-order valence-corrected chi connectivity index (χ2v) is 3.92. The minimum Gasteiger partial charge on any atom is -0.394 e. The molecule has 0 fully saturated rings. The molecule has 1 N–H and O–H groups in total. The summed E-state index contributed by atoms with van der Waals surface area (Å²) in [6, 6.07) is 0. The second-order valence-electron chi connectivity index (χ2n) is 3.92. The molecular formula is C13H30O6. The summed E-state index contributed by atoms with van der Waals surface area (Å²) in [5.41, 5.74) is 0. The third-order valence-electron chi connectivity index (χ3n) is 1.61. The molecular weight excluding hydrogens is 252 g/mol. The Morgan fingerprint density at radius 2 is 0.842 bits per heavy atom. The first-order valence-electron chi connectivity index (χ1n) is 6.54. The van der Waals surface area contributed by atoms with Crippen molar-refractivity contribution in [1.29, 1.82) is 0 Å². The van der Waals surface area contributed by atoms with E-state index in [1.807, 2.05) is 0 Å². The Morgan fingerprint density at radius 3 is 1.05 bits per heavy atom. The van der Waals surface area contributed by atoms with Gasteiger partial charge in [0.15, 0.2) is 0 Å². The van der Waals surface area contributed by atoms with Gasteiger partial charge in [-0.05, 0) is 13.8 Å². The second kappa shape index (κ2) is 20.1. The summed E-state index contributed by atoms with van der Waals surface area (Å²) in [6.45, 7) is 8.31. The molecule has 6 heteroatoms. The zero-order valence-corrected chi connectivity index (χ0v) is 12.7. The van der Waals surface area contributed by atoms with Gasteiger partial charge in [-0.1, -0.05) is 0 Å². The fraction of sp³-hybridized carbons (Fsp3) is 1.00. The van der Waals surface area contributed by atoms with E-state index >= 15 is 0 Å². The van der Waals surface area contributed by atoms with Crippen LogP contribution in [0.15, 0.2) is 0 Å². The zero-order valence-electron chi connectivity index (χ0n) is 12.7. The van der Waals surface area contributed by atoms with Gasteiger partial charge in [-0.2, -0.15) is 0 Å². The van der Waals surface area contributed by atoms with Crippen molar-refractivity contribution >= 4 is 0 Å². The third kappa shape index (κ3) is 31.9. The molecule has 0 saturated heterocycles. The van der Waals surface area contributed by atoms with Crippen molar-refractivity contribution < 1.29 is 28.8 Å². The highest BCUT2D eigenvalue weighted by Crippen LogP contribution is 1.81. The van der Waals surface area contributed by atoms with Crippen LogP contribution in [0, 0.1) is 0 Å². The highest BCUT2D eigenvalue weighted by atomic mass is 16.6. The molecule has 0 aromatic heterocycles. The third-order valence-corrected chi connectivity index (χ3v) is 1.61. The maximum absolute atomic E-state index is 8.06. The average Bonchev–Trinajstić information content (AvgIpc) is 2.35. The summed E-state index contributed by atoms with van der Waals surface area (Å²) < 4.78 is 25.3. The van der Waals surface area contributed by atoms with Crippen LogP contribution in [0.25, 0.3) is 0 Å². The van der Waals surface area contributed by atoms with Gasteiger partial charge in [-0.3, -0.25) is 0 Å². The SMILES string of the molecule is CC(C)O.COCCOCCOCCOCCOC. The predicted molar refractivity (Wildman–Crippen MR) is 73.6 cm³/mol. The number of hydrogen-bond acceptors (Lipinski definition) is 6. The van der Waals surface area contributed by atoms with Gasteiger partial charge >= 0.3 is 0 Å². The summed E-state index contributed by atoms with van der Waals surface area (Å²) in [5.74, 6) is 0. The molecule has 0 radical (unpaired) electrons.